The Morgan fingerprint density at radius 1 is 1.15 bits per heavy atom. The third-order valence-corrected chi connectivity index (χ3v) is 5.28. The van der Waals surface area contributed by atoms with E-state index >= 15 is 0 Å². The molecule has 2 aliphatic rings. The van der Waals surface area contributed by atoms with Crippen LogP contribution in [0.1, 0.15) is 49.7 Å². The number of cyclic esters (lactones) is 1. The summed E-state index contributed by atoms with van der Waals surface area (Å²) >= 11 is 0. The first-order valence-electron chi connectivity index (χ1n) is 9.23. The van der Waals surface area contributed by atoms with Gasteiger partial charge in [0.1, 0.15) is 17.6 Å². The number of carbonyl (C=O) groups is 1. The normalized spacial score (nSPS) is 21.6. The van der Waals surface area contributed by atoms with Gasteiger partial charge in [0.05, 0.1) is 12.0 Å². The van der Waals surface area contributed by atoms with Gasteiger partial charge in [0.2, 0.25) is 0 Å². The first-order chi connectivity index (χ1) is 12.7. The molecular formula is C20H23F3O4. The van der Waals surface area contributed by atoms with Gasteiger partial charge in [0, 0.05) is 12.0 Å². The molecule has 0 bridgehead atoms. The largest absolute Gasteiger partial charge is 0.512 e. The molecule has 27 heavy (non-hydrogen) atoms. The Balaban J connectivity index is 1.62. The highest BCUT2D eigenvalue weighted by Crippen LogP contribution is 2.37. The molecule has 1 heterocycles. The number of halogens is 3. The van der Waals surface area contributed by atoms with Crippen molar-refractivity contribution in [2.75, 3.05) is 0 Å². The maximum atomic E-state index is 12.6. The van der Waals surface area contributed by atoms with Crippen LogP contribution in [0.4, 0.5) is 13.2 Å². The van der Waals surface area contributed by atoms with Crippen LogP contribution in [0.5, 0.6) is 5.75 Å². The van der Waals surface area contributed by atoms with E-state index in [1.54, 1.807) is 6.07 Å². The zero-order chi connectivity index (χ0) is 19.6. The summed E-state index contributed by atoms with van der Waals surface area (Å²) in [6.07, 6.45) is -1.23. The minimum Gasteiger partial charge on any atom is -0.512 e. The number of hydrogen-bond acceptors (Lipinski definition) is 4. The van der Waals surface area contributed by atoms with Gasteiger partial charge in [-0.2, -0.15) is 13.2 Å². The molecule has 1 aliphatic carbocycles. The van der Waals surface area contributed by atoms with Crippen molar-refractivity contribution in [3.05, 3.63) is 40.7 Å². The maximum absolute atomic E-state index is 12.6. The number of esters is 1. The fraction of sp³-hybridized carbons (Fsp3) is 0.550. The molecule has 1 unspecified atom stereocenters. The Hall–Kier alpha value is -2.18. The highest BCUT2D eigenvalue weighted by molar-refractivity contribution is 5.90. The second kappa shape index (κ2) is 7.82. The van der Waals surface area contributed by atoms with Crippen LogP contribution in [0.15, 0.2) is 29.5 Å². The van der Waals surface area contributed by atoms with E-state index in [0.717, 1.165) is 25.7 Å². The predicted molar refractivity (Wildman–Crippen MR) is 92.3 cm³/mol. The predicted octanol–water partition coefficient (Wildman–Crippen LogP) is 4.75. The minimum atomic E-state index is -4.40. The minimum absolute atomic E-state index is 0.0699. The number of ether oxygens (including phenoxy) is 1. The Labute approximate surface area is 155 Å². The summed E-state index contributed by atoms with van der Waals surface area (Å²) < 4.78 is 43.2. The number of phenols is 1. The monoisotopic (exact) mass is 384 g/mol. The van der Waals surface area contributed by atoms with Crippen molar-refractivity contribution in [2.45, 2.75) is 63.6 Å². The van der Waals surface area contributed by atoms with Gasteiger partial charge in [-0.1, -0.05) is 25.0 Å². The van der Waals surface area contributed by atoms with Gasteiger partial charge in [-0.3, -0.25) is 0 Å². The van der Waals surface area contributed by atoms with Crippen LogP contribution in [0.2, 0.25) is 0 Å². The highest BCUT2D eigenvalue weighted by atomic mass is 19.4. The van der Waals surface area contributed by atoms with Crippen molar-refractivity contribution in [3.8, 4) is 5.75 Å². The third kappa shape index (κ3) is 4.96. The molecular weight excluding hydrogens is 361 g/mol. The van der Waals surface area contributed by atoms with Crippen LogP contribution in [-0.4, -0.2) is 28.5 Å². The van der Waals surface area contributed by atoms with Gasteiger partial charge < -0.3 is 14.9 Å². The van der Waals surface area contributed by atoms with E-state index < -0.39 is 24.7 Å². The lowest BCUT2D eigenvalue weighted by Crippen LogP contribution is -2.29. The summed E-state index contributed by atoms with van der Waals surface area (Å²) in [6, 6.07) is 4.13. The molecule has 1 atom stereocenters. The summed E-state index contributed by atoms with van der Waals surface area (Å²) in [6.45, 7) is 0. The SMILES string of the molecule is O=C1OC(CCc2ccc(O)c(CC(F)(F)F)c2)CC(O)=C1C1CCCC1. The summed E-state index contributed by atoms with van der Waals surface area (Å²) in [4.78, 5) is 12.3. The summed E-state index contributed by atoms with van der Waals surface area (Å²) in [5.74, 6) is -0.701. The van der Waals surface area contributed by atoms with E-state index in [1.165, 1.54) is 12.1 Å². The van der Waals surface area contributed by atoms with Crippen LogP contribution in [0, 0.1) is 5.92 Å². The second-order valence-corrected chi connectivity index (χ2v) is 7.37. The molecule has 3 rings (SSSR count). The summed E-state index contributed by atoms with van der Waals surface area (Å²) in [7, 11) is 0. The van der Waals surface area contributed by atoms with Crippen molar-refractivity contribution < 1.29 is 32.9 Å². The van der Waals surface area contributed by atoms with E-state index in [0.29, 0.717) is 24.0 Å². The molecule has 1 aliphatic heterocycles. The average molecular weight is 384 g/mol. The van der Waals surface area contributed by atoms with Gasteiger partial charge >= 0.3 is 12.1 Å². The lowest BCUT2D eigenvalue weighted by molar-refractivity contribution is -0.147. The van der Waals surface area contributed by atoms with Crippen molar-refractivity contribution in [1.29, 1.82) is 0 Å². The number of benzene rings is 1. The Morgan fingerprint density at radius 3 is 2.48 bits per heavy atom. The zero-order valence-electron chi connectivity index (χ0n) is 14.9. The highest BCUT2D eigenvalue weighted by Gasteiger charge is 2.35. The molecule has 4 nitrogen and oxygen atoms in total. The lowest BCUT2D eigenvalue weighted by atomic mass is 9.91. The molecule has 1 aromatic carbocycles. The first-order valence-corrected chi connectivity index (χ1v) is 9.23. The van der Waals surface area contributed by atoms with Gasteiger partial charge in [-0.25, -0.2) is 4.79 Å². The molecule has 0 aromatic heterocycles. The molecule has 0 saturated heterocycles. The number of hydrogen-bond donors (Lipinski definition) is 2. The fourth-order valence-corrected chi connectivity index (χ4v) is 3.96. The fourth-order valence-electron chi connectivity index (χ4n) is 3.96. The maximum Gasteiger partial charge on any atom is 0.393 e. The number of aliphatic hydroxyl groups is 1. The van der Waals surface area contributed by atoms with Gasteiger partial charge in [0.15, 0.2) is 0 Å². The zero-order valence-corrected chi connectivity index (χ0v) is 14.9. The third-order valence-electron chi connectivity index (χ3n) is 5.28. The molecule has 0 spiro atoms. The smallest absolute Gasteiger partial charge is 0.393 e. The van der Waals surface area contributed by atoms with Gasteiger partial charge in [-0.05, 0) is 43.2 Å². The number of carbonyl (C=O) groups excluding carboxylic acids is 1. The summed E-state index contributed by atoms with van der Waals surface area (Å²) in [5, 5.41) is 19.9. The van der Waals surface area contributed by atoms with Gasteiger partial charge in [-0.15, -0.1) is 0 Å². The number of phenolic OH excluding ortho intramolecular Hbond substituents is 1. The molecule has 0 amide bonds. The van der Waals surface area contributed by atoms with Crippen molar-refractivity contribution in [2.24, 2.45) is 5.92 Å². The standard InChI is InChI=1S/C20H23F3O4/c21-20(22,23)11-14-9-12(6-8-16(14)24)5-7-15-10-17(25)18(19(26)27-15)13-3-1-2-4-13/h6,8-9,13,15,24-25H,1-5,7,10-11H2. The van der Waals surface area contributed by atoms with Crippen molar-refractivity contribution >= 4 is 5.97 Å². The van der Waals surface area contributed by atoms with Crippen LogP contribution < -0.4 is 0 Å². The number of aliphatic hydroxyl groups excluding tert-OH is 1. The van der Waals surface area contributed by atoms with E-state index in [-0.39, 0.29) is 29.4 Å². The van der Waals surface area contributed by atoms with Crippen LogP contribution in [-0.2, 0) is 22.4 Å². The molecule has 1 aromatic rings. The number of alkyl halides is 3. The molecule has 1 saturated carbocycles. The lowest BCUT2D eigenvalue weighted by Gasteiger charge is -2.27. The Kier molecular flexibility index (Phi) is 5.67. The first kappa shape index (κ1) is 19.6. The van der Waals surface area contributed by atoms with Crippen LogP contribution >= 0.6 is 0 Å². The van der Waals surface area contributed by atoms with E-state index in [9.17, 15) is 28.2 Å². The van der Waals surface area contributed by atoms with E-state index in [2.05, 4.69) is 0 Å². The van der Waals surface area contributed by atoms with Gasteiger partial charge in [0.25, 0.3) is 0 Å². The molecule has 148 valence electrons. The van der Waals surface area contributed by atoms with Crippen LogP contribution in [0.25, 0.3) is 0 Å². The molecule has 2 N–H and O–H groups in total. The average Bonchev–Trinajstić information content (AvgIpc) is 3.08. The topological polar surface area (TPSA) is 66.8 Å². The summed E-state index contributed by atoms with van der Waals surface area (Å²) in [5.41, 5.74) is 0.848. The van der Waals surface area contributed by atoms with Crippen molar-refractivity contribution in [3.63, 3.8) is 0 Å². The number of rotatable bonds is 5. The number of aryl methyl sites for hydroxylation is 1. The molecule has 1 fully saturated rings. The molecule has 7 heteroatoms. The van der Waals surface area contributed by atoms with Crippen LogP contribution in [0.3, 0.4) is 0 Å². The Morgan fingerprint density at radius 2 is 1.85 bits per heavy atom. The Bertz CT molecular complexity index is 733. The van der Waals surface area contributed by atoms with E-state index in [1.807, 2.05) is 0 Å². The number of aromatic hydroxyl groups is 1. The quantitative estimate of drug-likeness (QED) is 0.719. The van der Waals surface area contributed by atoms with Crippen molar-refractivity contribution in [1.82, 2.24) is 0 Å². The second-order valence-electron chi connectivity index (χ2n) is 7.37. The molecule has 0 radical (unpaired) electrons. The van der Waals surface area contributed by atoms with E-state index in [4.69, 9.17) is 4.74 Å².